The molecule has 1 saturated heterocycles. The SMILES string of the molecule is Cn1ccc(C(=O)NC2COC2)n1. The Bertz CT molecular complexity index is 317. The van der Waals surface area contributed by atoms with Gasteiger partial charge in [0.05, 0.1) is 19.3 Å². The Hall–Kier alpha value is -1.36. The Balaban J connectivity index is 1.96. The Morgan fingerprint density at radius 2 is 2.54 bits per heavy atom. The van der Waals surface area contributed by atoms with Crippen LogP contribution in [0, 0.1) is 0 Å². The fourth-order valence-electron chi connectivity index (χ4n) is 1.11. The number of hydrogen-bond donors (Lipinski definition) is 1. The van der Waals surface area contributed by atoms with E-state index in [-0.39, 0.29) is 11.9 Å². The third-order valence-corrected chi connectivity index (χ3v) is 1.92. The van der Waals surface area contributed by atoms with Gasteiger partial charge in [0.15, 0.2) is 0 Å². The van der Waals surface area contributed by atoms with Crippen LogP contribution >= 0.6 is 0 Å². The largest absolute Gasteiger partial charge is 0.377 e. The van der Waals surface area contributed by atoms with Gasteiger partial charge in [0.2, 0.25) is 0 Å². The summed E-state index contributed by atoms with van der Waals surface area (Å²) < 4.78 is 6.54. The van der Waals surface area contributed by atoms with E-state index in [2.05, 4.69) is 10.4 Å². The molecule has 2 heterocycles. The predicted molar refractivity (Wildman–Crippen MR) is 45.3 cm³/mol. The maximum absolute atomic E-state index is 11.4. The minimum atomic E-state index is -0.131. The zero-order chi connectivity index (χ0) is 9.26. The Morgan fingerprint density at radius 3 is 3.00 bits per heavy atom. The lowest BCUT2D eigenvalue weighted by molar-refractivity contribution is -0.00355. The quantitative estimate of drug-likeness (QED) is 0.672. The highest BCUT2D eigenvalue weighted by atomic mass is 16.5. The molecule has 0 aromatic carbocycles. The van der Waals surface area contributed by atoms with Gasteiger partial charge in [-0.25, -0.2) is 0 Å². The van der Waals surface area contributed by atoms with Crippen molar-refractivity contribution in [2.75, 3.05) is 13.2 Å². The lowest BCUT2D eigenvalue weighted by atomic mass is 10.2. The van der Waals surface area contributed by atoms with Gasteiger partial charge in [0, 0.05) is 13.2 Å². The van der Waals surface area contributed by atoms with Crippen molar-refractivity contribution in [3.05, 3.63) is 18.0 Å². The molecular formula is C8H11N3O2. The van der Waals surface area contributed by atoms with Crippen LogP contribution in [0.5, 0.6) is 0 Å². The van der Waals surface area contributed by atoms with Crippen molar-refractivity contribution in [1.29, 1.82) is 0 Å². The summed E-state index contributed by atoms with van der Waals surface area (Å²) in [6.07, 6.45) is 1.74. The first-order valence-corrected chi connectivity index (χ1v) is 4.14. The molecule has 0 aliphatic carbocycles. The Kier molecular flexibility index (Phi) is 2.02. The van der Waals surface area contributed by atoms with Gasteiger partial charge >= 0.3 is 0 Å². The fourth-order valence-corrected chi connectivity index (χ4v) is 1.11. The van der Waals surface area contributed by atoms with Gasteiger partial charge in [0.25, 0.3) is 5.91 Å². The third kappa shape index (κ3) is 1.70. The highest BCUT2D eigenvalue weighted by Crippen LogP contribution is 2.01. The summed E-state index contributed by atoms with van der Waals surface area (Å²) in [6, 6.07) is 1.85. The first kappa shape index (κ1) is 8.25. The molecule has 0 unspecified atom stereocenters. The number of rotatable bonds is 2. The predicted octanol–water partition coefficient (Wildman–Crippen LogP) is -0.451. The number of carbonyl (C=O) groups is 1. The molecule has 1 amide bonds. The summed E-state index contributed by atoms with van der Waals surface area (Å²) >= 11 is 0. The second-order valence-electron chi connectivity index (χ2n) is 3.08. The Morgan fingerprint density at radius 1 is 1.77 bits per heavy atom. The molecule has 1 aliphatic heterocycles. The van der Waals surface area contributed by atoms with E-state index >= 15 is 0 Å². The van der Waals surface area contributed by atoms with Crippen LogP contribution in [0.15, 0.2) is 12.3 Å². The summed E-state index contributed by atoms with van der Waals surface area (Å²) in [4.78, 5) is 11.4. The molecule has 0 saturated carbocycles. The summed E-state index contributed by atoms with van der Waals surface area (Å²) in [6.45, 7) is 1.22. The molecule has 5 nitrogen and oxygen atoms in total. The summed E-state index contributed by atoms with van der Waals surface area (Å²) in [5.41, 5.74) is 0.453. The van der Waals surface area contributed by atoms with Crippen LogP contribution in [0.2, 0.25) is 0 Å². The smallest absolute Gasteiger partial charge is 0.272 e. The molecule has 1 aromatic heterocycles. The number of aromatic nitrogens is 2. The minimum absolute atomic E-state index is 0.131. The van der Waals surface area contributed by atoms with E-state index in [1.54, 1.807) is 24.0 Å². The molecule has 0 radical (unpaired) electrons. The minimum Gasteiger partial charge on any atom is -0.377 e. The van der Waals surface area contributed by atoms with E-state index in [1.807, 2.05) is 0 Å². The number of nitrogens with one attached hydrogen (secondary N) is 1. The van der Waals surface area contributed by atoms with Crippen molar-refractivity contribution < 1.29 is 9.53 Å². The van der Waals surface area contributed by atoms with Crippen LogP contribution < -0.4 is 5.32 Å². The molecule has 1 N–H and O–H groups in total. The second kappa shape index (κ2) is 3.18. The van der Waals surface area contributed by atoms with Crippen LogP contribution in [0.1, 0.15) is 10.5 Å². The average Bonchev–Trinajstić information content (AvgIpc) is 2.44. The van der Waals surface area contributed by atoms with Crippen molar-refractivity contribution in [1.82, 2.24) is 15.1 Å². The van der Waals surface area contributed by atoms with Crippen molar-refractivity contribution >= 4 is 5.91 Å². The first-order chi connectivity index (χ1) is 6.25. The van der Waals surface area contributed by atoms with E-state index in [0.717, 1.165) is 0 Å². The summed E-state index contributed by atoms with van der Waals surface area (Å²) in [7, 11) is 1.78. The molecule has 0 bridgehead atoms. The molecule has 0 atom stereocenters. The number of aryl methyl sites for hydroxylation is 1. The Labute approximate surface area is 75.7 Å². The van der Waals surface area contributed by atoms with Crippen LogP contribution in [-0.4, -0.2) is 34.9 Å². The summed E-state index contributed by atoms with van der Waals surface area (Å²) in [5.74, 6) is -0.131. The van der Waals surface area contributed by atoms with Gasteiger partial charge < -0.3 is 10.1 Å². The zero-order valence-corrected chi connectivity index (χ0v) is 7.36. The van der Waals surface area contributed by atoms with Gasteiger partial charge in [-0.1, -0.05) is 0 Å². The number of amides is 1. The van der Waals surface area contributed by atoms with E-state index in [9.17, 15) is 4.79 Å². The monoisotopic (exact) mass is 181 g/mol. The maximum atomic E-state index is 11.4. The second-order valence-corrected chi connectivity index (χ2v) is 3.08. The van der Waals surface area contributed by atoms with Crippen LogP contribution in [0.25, 0.3) is 0 Å². The van der Waals surface area contributed by atoms with E-state index in [0.29, 0.717) is 18.9 Å². The van der Waals surface area contributed by atoms with Gasteiger partial charge in [0.1, 0.15) is 5.69 Å². The topological polar surface area (TPSA) is 56.2 Å². The molecule has 2 rings (SSSR count). The fraction of sp³-hybridized carbons (Fsp3) is 0.500. The van der Waals surface area contributed by atoms with E-state index < -0.39 is 0 Å². The van der Waals surface area contributed by atoms with Gasteiger partial charge in [-0.05, 0) is 6.07 Å². The first-order valence-electron chi connectivity index (χ1n) is 4.14. The molecule has 0 spiro atoms. The number of carbonyl (C=O) groups excluding carboxylic acids is 1. The number of nitrogens with zero attached hydrogens (tertiary/aromatic N) is 2. The zero-order valence-electron chi connectivity index (χ0n) is 7.36. The van der Waals surface area contributed by atoms with Crippen LogP contribution in [-0.2, 0) is 11.8 Å². The molecular weight excluding hydrogens is 170 g/mol. The highest BCUT2D eigenvalue weighted by Gasteiger charge is 2.21. The highest BCUT2D eigenvalue weighted by molar-refractivity contribution is 5.92. The van der Waals surface area contributed by atoms with Crippen molar-refractivity contribution in [3.63, 3.8) is 0 Å². The molecule has 1 aromatic rings. The van der Waals surface area contributed by atoms with Crippen molar-refractivity contribution in [2.45, 2.75) is 6.04 Å². The maximum Gasteiger partial charge on any atom is 0.272 e. The summed E-state index contributed by atoms with van der Waals surface area (Å²) in [5, 5.41) is 6.79. The van der Waals surface area contributed by atoms with Gasteiger partial charge in [-0.2, -0.15) is 5.10 Å². The molecule has 5 heteroatoms. The number of ether oxygens (including phenoxy) is 1. The molecule has 13 heavy (non-hydrogen) atoms. The van der Waals surface area contributed by atoms with Gasteiger partial charge in [-0.15, -0.1) is 0 Å². The van der Waals surface area contributed by atoms with E-state index in [4.69, 9.17) is 4.74 Å². The van der Waals surface area contributed by atoms with Crippen molar-refractivity contribution in [3.8, 4) is 0 Å². The standard InChI is InChI=1S/C8H11N3O2/c1-11-3-2-7(10-11)8(12)9-6-4-13-5-6/h2-3,6H,4-5H2,1H3,(H,9,12). The van der Waals surface area contributed by atoms with E-state index in [1.165, 1.54) is 0 Å². The number of hydrogen-bond acceptors (Lipinski definition) is 3. The van der Waals surface area contributed by atoms with Crippen LogP contribution in [0.3, 0.4) is 0 Å². The average molecular weight is 181 g/mol. The lowest BCUT2D eigenvalue weighted by Crippen LogP contribution is -2.48. The van der Waals surface area contributed by atoms with Crippen molar-refractivity contribution in [2.24, 2.45) is 7.05 Å². The van der Waals surface area contributed by atoms with Gasteiger partial charge in [-0.3, -0.25) is 9.48 Å². The third-order valence-electron chi connectivity index (χ3n) is 1.92. The lowest BCUT2D eigenvalue weighted by Gasteiger charge is -2.26. The molecule has 1 aliphatic rings. The normalized spacial score (nSPS) is 16.7. The molecule has 1 fully saturated rings. The molecule has 70 valence electrons. The van der Waals surface area contributed by atoms with Crippen LogP contribution in [0.4, 0.5) is 0 Å².